The third-order valence-corrected chi connectivity index (χ3v) is 2.50. The zero-order valence-electron chi connectivity index (χ0n) is 9.81. The van der Waals surface area contributed by atoms with Crippen molar-refractivity contribution in [3.05, 3.63) is 42.5 Å². The molecule has 2 rings (SSSR count). The first kappa shape index (κ1) is 11.3. The second kappa shape index (κ2) is 4.78. The molecule has 17 heavy (non-hydrogen) atoms. The van der Waals surface area contributed by atoms with Gasteiger partial charge in [0.25, 0.3) is 0 Å². The second-order valence-electron chi connectivity index (χ2n) is 3.81. The first-order valence-corrected chi connectivity index (χ1v) is 5.59. The molecule has 3 heteroatoms. The molecule has 2 aromatic rings. The number of hydrogen-bond acceptors (Lipinski definition) is 3. The lowest BCUT2D eigenvalue weighted by Gasteiger charge is -2.11. The van der Waals surface area contributed by atoms with Gasteiger partial charge in [0.05, 0.1) is 6.61 Å². The van der Waals surface area contributed by atoms with E-state index in [0.29, 0.717) is 12.3 Å². The first-order chi connectivity index (χ1) is 8.20. The van der Waals surface area contributed by atoms with Gasteiger partial charge in [-0.2, -0.15) is 0 Å². The number of hydrogen-bond donors (Lipinski definition) is 2. The second-order valence-corrected chi connectivity index (χ2v) is 3.81. The van der Waals surface area contributed by atoms with Gasteiger partial charge in [-0.05, 0) is 36.8 Å². The highest BCUT2D eigenvalue weighted by Crippen LogP contribution is 2.32. The molecule has 0 aromatic heterocycles. The number of nitrogen functional groups attached to an aromatic ring is 2. The van der Waals surface area contributed by atoms with Crippen LogP contribution in [0.3, 0.4) is 0 Å². The number of nitrogens with two attached hydrogens (primary N) is 2. The normalized spacial score (nSPS) is 10.2. The van der Waals surface area contributed by atoms with Crippen molar-refractivity contribution in [3.63, 3.8) is 0 Å². The molecule has 0 heterocycles. The van der Waals surface area contributed by atoms with Gasteiger partial charge in [0.1, 0.15) is 5.75 Å². The van der Waals surface area contributed by atoms with Gasteiger partial charge >= 0.3 is 0 Å². The van der Waals surface area contributed by atoms with Gasteiger partial charge in [0.15, 0.2) is 0 Å². The van der Waals surface area contributed by atoms with Gasteiger partial charge in [-0.15, -0.1) is 0 Å². The van der Waals surface area contributed by atoms with E-state index >= 15 is 0 Å². The fraction of sp³-hybridized carbons (Fsp3) is 0.143. The fourth-order valence-electron chi connectivity index (χ4n) is 1.76. The van der Waals surface area contributed by atoms with Gasteiger partial charge in [-0.25, -0.2) is 0 Å². The number of ether oxygens (including phenoxy) is 1. The van der Waals surface area contributed by atoms with Crippen molar-refractivity contribution >= 4 is 11.4 Å². The first-order valence-electron chi connectivity index (χ1n) is 5.59. The van der Waals surface area contributed by atoms with Gasteiger partial charge in [-0.1, -0.05) is 12.1 Å². The minimum atomic E-state index is 0.610. The Labute approximate surface area is 101 Å². The summed E-state index contributed by atoms with van der Waals surface area (Å²) in [6, 6.07) is 13.4. The van der Waals surface area contributed by atoms with Crippen LogP contribution in [0.5, 0.6) is 5.75 Å². The lowest BCUT2D eigenvalue weighted by molar-refractivity contribution is 0.342. The molecule has 3 nitrogen and oxygen atoms in total. The van der Waals surface area contributed by atoms with Crippen molar-refractivity contribution in [1.82, 2.24) is 0 Å². The van der Waals surface area contributed by atoms with Gasteiger partial charge in [0, 0.05) is 23.0 Å². The van der Waals surface area contributed by atoms with E-state index in [4.69, 9.17) is 16.2 Å². The van der Waals surface area contributed by atoms with E-state index in [2.05, 4.69) is 0 Å². The Hall–Kier alpha value is -2.16. The molecular formula is C14H16N2O. The van der Waals surface area contributed by atoms with Crippen molar-refractivity contribution in [2.45, 2.75) is 6.92 Å². The zero-order chi connectivity index (χ0) is 12.3. The molecule has 0 amide bonds. The van der Waals surface area contributed by atoms with Crippen molar-refractivity contribution in [2.24, 2.45) is 0 Å². The summed E-state index contributed by atoms with van der Waals surface area (Å²) in [6.07, 6.45) is 0. The summed E-state index contributed by atoms with van der Waals surface area (Å²) in [7, 11) is 0. The molecule has 2 aromatic carbocycles. The number of anilines is 2. The molecule has 0 spiro atoms. The molecule has 0 unspecified atom stereocenters. The van der Waals surface area contributed by atoms with Crippen LogP contribution in [-0.4, -0.2) is 6.61 Å². The van der Waals surface area contributed by atoms with Gasteiger partial charge < -0.3 is 16.2 Å². The molecule has 0 saturated carbocycles. The highest BCUT2D eigenvalue weighted by atomic mass is 16.5. The average Bonchev–Trinajstić information content (AvgIpc) is 2.29. The van der Waals surface area contributed by atoms with Crippen LogP contribution in [0.15, 0.2) is 42.5 Å². The predicted octanol–water partition coefficient (Wildman–Crippen LogP) is 2.92. The number of rotatable bonds is 3. The molecule has 4 N–H and O–H groups in total. The fourth-order valence-corrected chi connectivity index (χ4v) is 1.76. The maximum absolute atomic E-state index is 5.78. The smallest absolute Gasteiger partial charge is 0.129 e. The Kier molecular flexibility index (Phi) is 3.19. The van der Waals surface area contributed by atoms with Crippen LogP contribution in [0.25, 0.3) is 11.1 Å². The molecule has 0 aliphatic heterocycles. The highest BCUT2D eigenvalue weighted by Gasteiger charge is 2.06. The topological polar surface area (TPSA) is 61.3 Å². The van der Waals surface area contributed by atoms with Crippen LogP contribution in [0.2, 0.25) is 0 Å². The Morgan fingerprint density at radius 1 is 1.00 bits per heavy atom. The summed E-state index contributed by atoms with van der Waals surface area (Å²) in [5.74, 6) is 0.790. The van der Waals surface area contributed by atoms with E-state index in [1.807, 2.05) is 49.4 Å². The van der Waals surface area contributed by atoms with E-state index in [1.54, 1.807) is 0 Å². The quantitative estimate of drug-likeness (QED) is 0.794. The minimum Gasteiger partial charge on any atom is -0.493 e. The monoisotopic (exact) mass is 228 g/mol. The Morgan fingerprint density at radius 3 is 2.47 bits per heavy atom. The van der Waals surface area contributed by atoms with Crippen LogP contribution in [0, 0.1) is 0 Å². The maximum atomic E-state index is 5.78. The molecule has 0 atom stereocenters. The van der Waals surface area contributed by atoms with Crippen LogP contribution < -0.4 is 16.2 Å². The molecule has 0 saturated heterocycles. The van der Waals surface area contributed by atoms with Crippen molar-refractivity contribution in [1.29, 1.82) is 0 Å². The molecule has 0 radical (unpaired) electrons. The predicted molar refractivity (Wildman–Crippen MR) is 71.9 cm³/mol. The van der Waals surface area contributed by atoms with Crippen LogP contribution in [0.4, 0.5) is 11.4 Å². The summed E-state index contributed by atoms with van der Waals surface area (Å²) in [6.45, 7) is 2.56. The Bertz CT molecular complexity index is 523. The van der Waals surface area contributed by atoms with E-state index < -0.39 is 0 Å². The summed E-state index contributed by atoms with van der Waals surface area (Å²) in [5.41, 5.74) is 15.0. The van der Waals surface area contributed by atoms with E-state index in [1.165, 1.54) is 0 Å². The van der Waals surface area contributed by atoms with E-state index in [0.717, 1.165) is 22.6 Å². The van der Waals surface area contributed by atoms with Crippen LogP contribution >= 0.6 is 0 Å². The lowest BCUT2D eigenvalue weighted by Crippen LogP contribution is -1.96. The van der Waals surface area contributed by atoms with Crippen molar-refractivity contribution < 1.29 is 4.74 Å². The largest absolute Gasteiger partial charge is 0.493 e. The molecule has 0 aliphatic rings. The summed E-state index contributed by atoms with van der Waals surface area (Å²) in [4.78, 5) is 0. The summed E-state index contributed by atoms with van der Waals surface area (Å²) < 4.78 is 5.59. The maximum Gasteiger partial charge on any atom is 0.129 e. The van der Waals surface area contributed by atoms with Gasteiger partial charge in [-0.3, -0.25) is 0 Å². The van der Waals surface area contributed by atoms with E-state index in [9.17, 15) is 0 Å². The lowest BCUT2D eigenvalue weighted by atomic mass is 10.0. The van der Waals surface area contributed by atoms with Crippen LogP contribution in [0.1, 0.15) is 6.92 Å². The Balaban J connectivity index is 2.50. The van der Waals surface area contributed by atoms with Crippen molar-refractivity contribution in [3.8, 4) is 16.9 Å². The Morgan fingerprint density at radius 2 is 1.76 bits per heavy atom. The standard InChI is InChI=1S/C14H16N2O/c1-2-17-14-9-12(16)6-7-13(14)10-4-3-5-11(15)8-10/h3-9H,2,15-16H2,1H3. The SMILES string of the molecule is CCOc1cc(N)ccc1-c1cccc(N)c1. The minimum absolute atomic E-state index is 0.610. The molecule has 0 bridgehead atoms. The third-order valence-electron chi connectivity index (χ3n) is 2.50. The molecule has 88 valence electrons. The summed E-state index contributed by atoms with van der Waals surface area (Å²) in [5, 5.41) is 0. The average molecular weight is 228 g/mol. The number of benzene rings is 2. The van der Waals surface area contributed by atoms with E-state index in [-0.39, 0.29) is 0 Å². The summed E-state index contributed by atoms with van der Waals surface area (Å²) >= 11 is 0. The highest BCUT2D eigenvalue weighted by molar-refractivity contribution is 5.75. The molecule has 0 aliphatic carbocycles. The molecular weight excluding hydrogens is 212 g/mol. The molecule has 0 fully saturated rings. The van der Waals surface area contributed by atoms with Crippen molar-refractivity contribution in [2.75, 3.05) is 18.1 Å². The zero-order valence-corrected chi connectivity index (χ0v) is 9.81. The van der Waals surface area contributed by atoms with Gasteiger partial charge in [0.2, 0.25) is 0 Å². The van der Waals surface area contributed by atoms with Crippen LogP contribution in [-0.2, 0) is 0 Å². The third kappa shape index (κ3) is 2.50.